The molecule has 0 unspecified atom stereocenters. The number of hydrogen-bond acceptors (Lipinski definition) is 1. The molecule has 0 radical (unpaired) electrons. The summed E-state index contributed by atoms with van der Waals surface area (Å²) >= 11 is 0. The highest BCUT2D eigenvalue weighted by atomic mass is 16.1. The van der Waals surface area contributed by atoms with Crippen molar-refractivity contribution in [3.63, 3.8) is 0 Å². The molecule has 0 rings (SSSR count). The van der Waals surface area contributed by atoms with E-state index in [9.17, 15) is 4.79 Å². The van der Waals surface area contributed by atoms with Gasteiger partial charge in [-0.3, -0.25) is 0 Å². The van der Waals surface area contributed by atoms with Crippen molar-refractivity contribution in [2.75, 3.05) is 0 Å². The molecule has 1 nitrogen and oxygen atoms in total. The molecule has 0 saturated carbocycles. The number of hydrogen-bond donors (Lipinski definition) is 0. The standard InChI is InChI=1S/C13H26O/c1-9(2)7-12(10(3)4)13(8-14)11(5)6/h8-13H,7H2,1-6H3/t12-,13+/m0/s1. The predicted molar refractivity (Wildman–Crippen MR) is 62.2 cm³/mol. The van der Waals surface area contributed by atoms with E-state index in [0.717, 1.165) is 6.29 Å². The lowest BCUT2D eigenvalue weighted by molar-refractivity contribution is -0.114. The van der Waals surface area contributed by atoms with Crippen LogP contribution in [-0.4, -0.2) is 6.29 Å². The number of carbonyl (C=O) groups is 1. The molecular weight excluding hydrogens is 172 g/mol. The molecule has 0 aliphatic carbocycles. The fourth-order valence-electron chi connectivity index (χ4n) is 2.17. The van der Waals surface area contributed by atoms with Crippen LogP contribution in [0.2, 0.25) is 0 Å². The van der Waals surface area contributed by atoms with Crippen LogP contribution in [0.4, 0.5) is 0 Å². The van der Waals surface area contributed by atoms with Gasteiger partial charge in [-0.25, -0.2) is 0 Å². The van der Waals surface area contributed by atoms with Crippen LogP contribution >= 0.6 is 0 Å². The van der Waals surface area contributed by atoms with Crippen LogP contribution in [0.5, 0.6) is 0 Å². The summed E-state index contributed by atoms with van der Waals surface area (Å²) in [7, 11) is 0. The number of carbonyl (C=O) groups excluding carboxylic acids is 1. The van der Waals surface area contributed by atoms with Gasteiger partial charge in [0, 0.05) is 5.92 Å². The Morgan fingerprint density at radius 1 is 0.929 bits per heavy atom. The van der Waals surface area contributed by atoms with Gasteiger partial charge in [-0.2, -0.15) is 0 Å². The molecule has 0 aliphatic rings. The summed E-state index contributed by atoms with van der Waals surface area (Å²) < 4.78 is 0. The third-order valence-corrected chi connectivity index (χ3v) is 3.02. The van der Waals surface area contributed by atoms with Gasteiger partial charge in [-0.05, 0) is 30.1 Å². The highest BCUT2D eigenvalue weighted by Crippen LogP contribution is 2.31. The highest BCUT2D eigenvalue weighted by molar-refractivity contribution is 5.54. The third-order valence-electron chi connectivity index (χ3n) is 3.02. The zero-order valence-corrected chi connectivity index (χ0v) is 10.6. The molecule has 0 N–H and O–H groups in total. The minimum atomic E-state index is 0.234. The lowest BCUT2D eigenvalue weighted by Gasteiger charge is -2.30. The first-order chi connectivity index (χ1) is 6.40. The quantitative estimate of drug-likeness (QED) is 0.594. The second-order valence-corrected chi connectivity index (χ2v) is 5.49. The predicted octanol–water partition coefficient (Wildman–Crippen LogP) is 3.78. The minimum Gasteiger partial charge on any atom is -0.303 e. The van der Waals surface area contributed by atoms with Crippen molar-refractivity contribution < 1.29 is 4.79 Å². The van der Waals surface area contributed by atoms with Gasteiger partial charge in [0.25, 0.3) is 0 Å². The van der Waals surface area contributed by atoms with Crippen LogP contribution in [0.1, 0.15) is 48.0 Å². The molecule has 0 spiro atoms. The van der Waals surface area contributed by atoms with Gasteiger partial charge in [-0.15, -0.1) is 0 Å². The Morgan fingerprint density at radius 2 is 1.43 bits per heavy atom. The normalized spacial score (nSPS) is 16.4. The molecule has 84 valence electrons. The first-order valence-corrected chi connectivity index (χ1v) is 5.85. The Kier molecular flexibility index (Phi) is 6.06. The SMILES string of the molecule is CC(C)C[C@@H](C(C)C)[C@H](C=O)C(C)C. The first-order valence-electron chi connectivity index (χ1n) is 5.85. The largest absolute Gasteiger partial charge is 0.303 e. The number of rotatable bonds is 6. The van der Waals surface area contributed by atoms with Crippen LogP contribution in [-0.2, 0) is 4.79 Å². The average Bonchev–Trinajstić information content (AvgIpc) is 2.02. The van der Waals surface area contributed by atoms with E-state index in [1.807, 2.05) is 0 Å². The zero-order valence-electron chi connectivity index (χ0n) is 10.6. The van der Waals surface area contributed by atoms with Gasteiger partial charge >= 0.3 is 0 Å². The van der Waals surface area contributed by atoms with Crippen molar-refractivity contribution in [2.24, 2.45) is 29.6 Å². The van der Waals surface area contributed by atoms with Gasteiger partial charge in [0.15, 0.2) is 0 Å². The molecule has 2 atom stereocenters. The maximum atomic E-state index is 11.1. The Labute approximate surface area is 89.3 Å². The van der Waals surface area contributed by atoms with E-state index in [1.54, 1.807) is 0 Å². The summed E-state index contributed by atoms with van der Waals surface area (Å²) in [4.78, 5) is 11.1. The summed E-state index contributed by atoms with van der Waals surface area (Å²) in [6.07, 6.45) is 2.33. The topological polar surface area (TPSA) is 17.1 Å². The molecule has 1 heteroatoms. The van der Waals surface area contributed by atoms with Crippen molar-refractivity contribution >= 4 is 6.29 Å². The lowest BCUT2D eigenvalue weighted by atomic mass is 9.74. The molecule has 0 saturated heterocycles. The molecular formula is C13H26O. The van der Waals surface area contributed by atoms with Crippen LogP contribution in [0.15, 0.2) is 0 Å². The Balaban J connectivity index is 4.52. The van der Waals surface area contributed by atoms with Crippen LogP contribution in [0.25, 0.3) is 0 Å². The number of aldehydes is 1. The summed E-state index contributed by atoms with van der Waals surface area (Å²) in [6, 6.07) is 0. The van der Waals surface area contributed by atoms with E-state index >= 15 is 0 Å². The van der Waals surface area contributed by atoms with E-state index in [2.05, 4.69) is 41.5 Å². The Hall–Kier alpha value is -0.330. The second-order valence-electron chi connectivity index (χ2n) is 5.49. The van der Waals surface area contributed by atoms with Gasteiger partial charge in [-0.1, -0.05) is 41.5 Å². The molecule has 14 heavy (non-hydrogen) atoms. The van der Waals surface area contributed by atoms with Crippen molar-refractivity contribution in [3.8, 4) is 0 Å². The minimum absolute atomic E-state index is 0.234. The Bertz CT molecular complexity index is 159. The molecule has 0 aromatic rings. The fourth-order valence-corrected chi connectivity index (χ4v) is 2.17. The lowest BCUT2D eigenvalue weighted by Crippen LogP contribution is -2.27. The fraction of sp³-hybridized carbons (Fsp3) is 0.923. The molecule has 0 aromatic carbocycles. The Morgan fingerprint density at radius 3 is 1.64 bits per heavy atom. The van der Waals surface area contributed by atoms with Crippen LogP contribution in [0.3, 0.4) is 0 Å². The molecule has 0 bridgehead atoms. The van der Waals surface area contributed by atoms with E-state index < -0.39 is 0 Å². The van der Waals surface area contributed by atoms with Crippen molar-refractivity contribution in [1.82, 2.24) is 0 Å². The molecule has 0 amide bonds. The first kappa shape index (κ1) is 13.7. The van der Waals surface area contributed by atoms with Crippen molar-refractivity contribution in [2.45, 2.75) is 48.0 Å². The summed E-state index contributed by atoms with van der Waals surface area (Å²) in [5, 5.41) is 0. The van der Waals surface area contributed by atoms with Gasteiger partial charge < -0.3 is 4.79 Å². The van der Waals surface area contributed by atoms with Gasteiger partial charge in [0.2, 0.25) is 0 Å². The molecule has 0 fully saturated rings. The maximum Gasteiger partial charge on any atom is 0.123 e. The second kappa shape index (κ2) is 6.21. The third kappa shape index (κ3) is 4.26. The maximum absolute atomic E-state index is 11.1. The molecule has 0 heterocycles. The zero-order chi connectivity index (χ0) is 11.3. The highest BCUT2D eigenvalue weighted by Gasteiger charge is 2.27. The van der Waals surface area contributed by atoms with Gasteiger partial charge in [0.05, 0.1) is 0 Å². The van der Waals surface area contributed by atoms with Gasteiger partial charge in [0.1, 0.15) is 6.29 Å². The summed E-state index contributed by atoms with van der Waals surface area (Å²) in [5.74, 6) is 2.54. The van der Waals surface area contributed by atoms with Crippen LogP contribution in [0, 0.1) is 29.6 Å². The molecule has 0 aliphatic heterocycles. The van der Waals surface area contributed by atoms with E-state index in [4.69, 9.17) is 0 Å². The van der Waals surface area contributed by atoms with E-state index in [0.29, 0.717) is 23.7 Å². The van der Waals surface area contributed by atoms with E-state index in [1.165, 1.54) is 6.42 Å². The van der Waals surface area contributed by atoms with Crippen molar-refractivity contribution in [3.05, 3.63) is 0 Å². The molecule has 0 aromatic heterocycles. The van der Waals surface area contributed by atoms with Crippen LogP contribution < -0.4 is 0 Å². The smallest absolute Gasteiger partial charge is 0.123 e. The summed E-state index contributed by atoms with van der Waals surface area (Å²) in [6.45, 7) is 13.2. The monoisotopic (exact) mass is 198 g/mol. The summed E-state index contributed by atoms with van der Waals surface area (Å²) in [5.41, 5.74) is 0. The van der Waals surface area contributed by atoms with Crippen molar-refractivity contribution in [1.29, 1.82) is 0 Å². The van der Waals surface area contributed by atoms with E-state index in [-0.39, 0.29) is 5.92 Å². The average molecular weight is 198 g/mol.